The van der Waals surface area contributed by atoms with Crippen LogP contribution in [0.25, 0.3) is 0 Å². The molecule has 0 bridgehead atoms. The van der Waals surface area contributed by atoms with E-state index in [2.05, 4.69) is 10.0 Å². The van der Waals surface area contributed by atoms with Crippen molar-refractivity contribution < 1.29 is 27.6 Å². The fourth-order valence-electron chi connectivity index (χ4n) is 2.13. The topological polar surface area (TPSA) is 137 Å². The van der Waals surface area contributed by atoms with Crippen LogP contribution in [-0.4, -0.2) is 33.2 Å². The summed E-state index contributed by atoms with van der Waals surface area (Å²) in [5.41, 5.74) is -0.132. The molecule has 0 radical (unpaired) electrons. The van der Waals surface area contributed by atoms with E-state index in [1.54, 1.807) is 6.92 Å². The van der Waals surface area contributed by atoms with E-state index < -0.39 is 21.0 Å². The average Bonchev–Trinajstić information content (AvgIpc) is 2.61. The van der Waals surface area contributed by atoms with Crippen molar-refractivity contribution >= 4 is 33.2 Å². The molecular formula is C16H17N3O7S. The van der Waals surface area contributed by atoms with E-state index in [1.165, 1.54) is 43.5 Å². The summed E-state index contributed by atoms with van der Waals surface area (Å²) in [6, 6.07) is 8.91. The molecule has 0 unspecified atom stereocenters. The van der Waals surface area contributed by atoms with Gasteiger partial charge in [0.05, 0.1) is 34.9 Å². The second kappa shape index (κ2) is 8.36. The molecule has 0 aliphatic carbocycles. The van der Waals surface area contributed by atoms with Gasteiger partial charge in [-0.2, -0.15) is 0 Å². The molecule has 11 heteroatoms. The summed E-state index contributed by atoms with van der Waals surface area (Å²) in [5, 5.41) is 13.2. The number of ether oxygens (including phenoxy) is 2. The molecule has 27 heavy (non-hydrogen) atoms. The minimum Gasteiger partial charge on any atom is -0.495 e. The SMILES string of the molecule is CCOC(=O)Nc1cc(S(=O)(=O)Nc2cccc([N+](=O)[O-])c2)ccc1OC. The zero-order chi connectivity index (χ0) is 20.0. The molecule has 0 fully saturated rings. The van der Waals surface area contributed by atoms with Crippen molar-refractivity contribution in [2.24, 2.45) is 0 Å². The maximum atomic E-state index is 12.6. The number of carbonyl (C=O) groups is 1. The number of methoxy groups -OCH3 is 1. The van der Waals surface area contributed by atoms with Crippen LogP contribution >= 0.6 is 0 Å². The summed E-state index contributed by atoms with van der Waals surface area (Å²) in [6.45, 7) is 1.77. The smallest absolute Gasteiger partial charge is 0.411 e. The first-order valence-electron chi connectivity index (χ1n) is 7.66. The normalized spacial score (nSPS) is 10.7. The molecule has 144 valence electrons. The summed E-state index contributed by atoms with van der Waals surface area (Å²) >= 11 is 0. The standard InChI is InChI=1S/C16H17N3O7S/c1-3-26-16(20)17-14-10-13(7-8-15(14)25-2)27(23,24)18-11-5-4-6-12(9-11)19(21)22/h4-10,18H,3H2,1-2H3,(H,17,20). The fourth-order valence-corrected chi connectivity index (χ4v) is 3.20. The number of sulfonamides is 1. The lowest BCUT2D eigenvalue weighted by Gasteiger charge is -2.13. The van der Waals surface area contributed by atoms with Crippen molar-refractivity contribution in [1.82, 2.24) is 0 Å². The average molecular weight is 395 g/mol. The van der Waals surface area contributed by atoms with Gasteiger partial charge in [-0.05, 0) is 31.2 Å². The largest absolute Gasteiger partial charge is 0.495 e. The predicted octanol–water partition coefficient (Wildman–Crippen LogP) is 2.97. The molecule has 0 saturated heterocycles. The summed E-state index contributed by atoms with van der Waals surface area (Å²) in [6.07, 6.45) is -0.767. The van der Waals surface area contributed by atoms with E-state index >= 15 is 0 Å². The van der Waals surface area contributed by atoms with E-state index in [0.29, 0.717) is 0 Å². The molecule has 10 nitrogen and oxygen atoms in total. The maximum Gasteiger partial charge on any atom is 0.411 e. The third-order valence-electron chi connectivity index (χ3n) is 3.30. The van der Waals surface area contributed by atoms with Crippen molar-refractivity contribution in [3.8, 4) is 5.75 Å². The van der Waals surface area contributed by atoms with Gasteiger partial charge in [-0.25, -0.2) is 13.2 Å². The number of amides is 1. The first-order chi connectivity index (χ1) is 12.8. The first kappa shape index (κ1) is 20.0. The number of nitro groups is 1. The molecule has 0 spiro atoms. The molecule has 2 aromatic rings. The number of rotatable bonds is 7. The van der Waals surface area contributed by atoms with Crippen LogP contribution in [0.2, 0.25) is 0 Å². The highest BCUT2D eigenvalue weighted by Gasteiger charge is 2.19. The van der Waals surface area contributed by atoms with Crippen molar-refractivity contribution in [1.29, 1.82) is 0 Å². The second-order valence-electron chi connectivity index (χ2n) is 5.12. The van der Waals surface area contributed by atoms with Gasteiger partial charge in [-0.3, -0.25) is 20.2 Å². The highest BCUT2D eigenvalue weighted by molar-refractivity contribution is 7.92. The van der Waals surface area contributed by atoms with Crippen molar-refractivity contribution in [2.75, 3.05) is 23.8 Å². The van der Waals surface area contributed by atoms with E-state index in [-0.39, 0.29) is 34.3 Å². The molecule has 0 aliphatic rings. The number of hydrogen-bond donors (Lipinski definition) is 2. The van der Waals surface area contributed by atoms with Gasteiger partial charge in [0.1, 0.15) is 5.75 Å². The Morgan fingerprint density at radius 3 is 2.59 bits per heavy atom. The number of nitrogens with one attached hydrogen (secondary N) is 2. The molecule has 0 atom stereocenters. The quantitative estimate of drug-likeness (QED) is 0.543. The van der Waals surface area contributed by atoms with Crippen LogP contribution in [0.4, 0.5) is 21.9 Å². The van der Waals surface area contributed by atoms with Crippen LogP contribution in [0.15, 0.2) is 47.4 Å². The van der Waals surface area contributed by atoms with Crippen molar-refractivity contribution in [3.05, 3.63) is 52.6 Å². The van der Waals surface area contributed by atoms with Gasteiger partial charge >= 0.3 is 6.09 Å². The highest BCUT2D eigenvalue weighted by Crippen LogP contribution is 2.29. The number of non-ortho nitro benzene ring substituents is 1. The third kappa shape index (κ3) is 5.07. The predicted molar refractivity (Wildman–Crippen MR) is 97.5 cm³/mol. The Labute approximate surface area is 155 Å². The zero-order valence-electron chi connectivity index (χ0n) is 14.5. The molecule has 1 amide bonds. The Morgan fingerprint density at radius 1 is 1.22 bits per heavy atom. The number of nitro benzene ring substituents is 1. The summed E-state index contributed by atoms with van der Waals surface area (Å²) in [5.74, 6) is 0.234. The van der Waals surface area contributed by atoms with Crippen LogP contribution in [0.5, 0.6) is 5.75 Å². The van der Waals surface area contributed by atoms with E-state index in [1.807, 2.05) is 0 Å². The third-order valence-corrected chi connectivity index (χ3v) is 4.68. The van der Waals surface area contributed by atoms with Crippen molar-refractivity contribution in [2.45, 2.75) is 11.8 Å². The number of nitrogens with zero attached hydrogens (tertiary/aromatic N) is 1. The first-order valence-corrected chi connectivity index (χ1v) is 9.14. The molecule has 2 N–H and O–H groups in total. The van der Waals surface area contributed by atoms with Gasteiger partial charge in [0, 0.05) is 12.1 Å². The Hall–Kier alpha value is -3.34. The van der Waals surface area contributed by atoms with Gasteiger partial charge < -0.3 is 9.47 Å². The Bertz CT molecular complexity index is 960. The molecule has 0 aromatic heterocycles. The summed E-state index contributed by atoms with van der Waals surface area (Å²) in [4.78, 5) is 21.6. The molecule has 2 rings (SSSR count). The molecule has 0 heterocycles. The summed E-state index contributed by atoms with van der Waals surface area (Å²) in [7, 11) is -2.71. The molecule has 2 aromatic carbocycles. The summed E-state index contributed by atoms with van der Waals surface area (Å²) < 4.78 is 37.3. The fraction of sp³-hybridized carbons (Fsp3) is 0.188. The number of anilines is 2. The van der Waals surface area contributed by atoms with Gasteiger partial charge in [0.2, 0.25) is 0 Å². The molecule has 0 saturated carbocycles. The van der Waals surface area contributed by atoms with Gasteiger partial charge in [0.25, 0.3) is 15.7 Å². The highest BCUT2D eigenvalue weighted by atomic mass is 32.2. The van der Waals surface area contributed by atoms with E-state index in [0.717, 1.165) is 6.07 Å². The second-order valence-corrected chi connectivity index (χ2v) is 6.80. The molecule has 0 aliphatic heterocycles. The van der Waals surface area contributed by atoms with Crippen LogP contribution < -0.4 is 14.8 Å². The van der Waals surface area contributed by atoms with Gasteiger partial charge in [-0.1, -0.05) is 6.07 Å². The van der Waals surface area contributed by atoms with Crippen LogP contribution in [-0.2, 0) is 14.8 Å². The van der Waals surface area contributed by atoms with Gasteiger partial charge in [0.15, 0.2) is 0 Å². The van der Waals surface area contributed by atoms with Gasteiger partial charge in [-0.15, -0.1) is 0 Å². The number of benzene rings is 2. The Kier molecular flexibility index (Phi) is 6.19. The lowest BCUT2D eigenvalue weighted by Crippen LogP contribution is -2.16. The number of carbonyl (C=O) groups excluding carboxylic acids is 1. The minimum atomic E-state index is -4.07. The number of hydrogen-bond acceptors (Lipinski definition) is 7. The van der Waals surface area contributed by atoms with Crippen molar-refractivity contribution in [3.63, 3.8) is 0 Å². The van der Waals surface area contributed by atoms with Crippen LogP contribution in [0.3, 0.4) is 0 Å². The van der Waals surface area contributed by atoms with Crippen LogP contribution in [0.1, 0.15) is 6.92 Å². The zero-order valence-corrected chi connectivity index (χ0v) is 15.3. The van der Waals surface area contributed by atoms with E-state index in [4.69, 9.17) is 9.47 Å². The Morgan fingerprint density at radius 2 is 1.96 bits per heavy atom. The Balaban J connectivity index is 2.33. The molecular weight excluding hydrogens is 378 g/mol. The lowest BCUT2D eigenvalue weighted by molar-refractivity contribution is -0.384. The van der Waals surface area contributed by atoms with E-state index in [9.17, 15) is 23.3 Å². The monoisotopic (exact) mass is 395 g/mol. The maximum absolute atomic E-state index is 12.6. The van der Waals surface area contributed by atoms with Crippen LogP contribution in [0, 0.1) is 10.1 Å². The lowest BCUT2D eigenvalue weighted by atomic mass is 10.3. The minimum absolute atomic E-state index is 0.0277.